The van der Waals surface area contributed by atoms with Crippen molar-refractivity contribution in [2.24, 2.45) is 0 Å². The molecule has 0 bridgehead atoms. The second-order valence-electron chi connectivity index (χ2n) is 1.56. The Hall–Kier alpha value is -0.920. The average Bonchev–Trinajstić information content (AvgIpc) is 1.87. The normalized spacial score (nSPS) is 9.29. The lowest BCUT2D eigenvalue weighted by Crippen LogP contribution is -1.51. The van der Waals surface area contributed by atoms with Crippen molar-refractivity contribution in [3.8, 4) is 5.88 Å². The molecule has 1 aromatic heterocycles. The van der Waals surface area contributed by atoms with Crippen molar-refractivity contribution < 1.29 is 5.11 Å². The Morgan fingerprint density at radius 3 is 2.57 bits per heavy atom. The maximum Gasteiger partial charge on any atom is 0.188 e. The van der Waals surface area contributed by atoms with E-state index >= 15 is 0 Å². The molecule has 2 heteroatoms. The van der Waals surface area contributed by atoms with Gasteiger partial charge in [-0.15, -0.1) is 0 Å². The minimum atomic E-state index is 0.234. The maximum absolute atomic E-state index is 8.60. The SMILES string of the molecule is Cc1c[nH]c(O)c1. The first-order valence-electron chi connectivity index (χ1n) is 2.13. The quantitative estimate of drug-likeness (QED) is 0.498. The number of aromatic amines is 1. The van der Waals surface area contributed by atoms with Gasteiger partial charge in [-0.1, -0.05) is 0 Å². The van der Waals surface area contributed by atoms with E-state index in [1.54, 1.807) is 12.3 Å². The van der Waals surface area contributed by atoms with Crippen molar-refractivity contribution >= 4 is 0 Å². The molecule has 0 atom stereocenters. The van der Waals surface area contributed by atoms with E-state index in [-0.39, 0.29) is 5.88 Å². The molecule has 0 aliphatic rings. The van der Waals surface area contributed by atoms with Crippen LogP contribution in [0.25, 0.3) is 0 Å². The summed E-state index contributed by atoms with van der Waals surface area (Å²) in [7, 11) is 0. The first kappa shape index (κ1) is 4.24. The van der Waals surface area contributed by atoms with Crippen molar-refractivity contribution in [1.29, 1.82) is 0 Å². The lowest BCUT2D eigenvalue weighted by molar-refractivity contribution is 0.457. The fourth-order valence-corrected chi connectivity index (χ4v) is 0.487. The summed E-state index contributed by atoms with van der Waals surface area (Å²) in [6.45, 7) is 1.91. The third kappa shape index (κ3) is 0.738. The van der Waals surface area contributed by atoms with E-state index in [4.69, 9.17) is 5.11 Å². The Balaban J connectivity index is 3.04. The van der Waals surface area contributed by atoms with Gasteiger partial charge in [-0.3, -0.25) is 0 Å². The number of aryl methyl sites for hydroxylation is 1. The van der Waals surface area contributed by atoms with E-state index in [2.05, 4.69) is 4.98 Å². The lowest BCUT2D eigenvalue weighted by Gasteiger charge is -1.72. The minimum absolute atomic E-state index is 0.234. The van der Waals surface area contributed by atoms with Gasteiger partial charge in [0.1, 0.15) is 0 Å². The molecule has 1 rings (SSSR count). The van der Waals surface area contributed by atoms with Gasteiger partial charge in [-0.25, -0.2) is 0 Å². The highest BCUT2D eigenvalue weighted by Gasteiger charge is 1.85. The molecule has 0 spiro atoms. The molecule has 0 saturated heterocycles. The van der Waals surface area contributed by atoms with E-state index in [9.17, 15) is 0 Å². The van der Waals surface area contributed by atoms with Gasteiger partial charge < -0.3 is 10.1 Å². The summed E-state index contributed by atoms with van der Waals surface area (Å²) in [6, 6.07) is 1.67. The third-order valence-corrected chi connectivity index (χ3v) is 0.812. The standard InChI is InChI=1S/C5H7NO/c1-4-2-5(7)6-3-4/h2-3,6-7H,1H3. The molecule has 0 aromatic carbocycles. The fourth-order valence-electron chi connectivity index (χ4n) is 0.487. The zero-order valence-electron chi connectivity index (χ0n) is 4.10. The van der Waals surface area contributed by atoms with E-state index < -0.39 is 0 Å². The molecule has 1 heterocycles. The zero-order valence-corrected chi connectivity index (χ0v) is 4.10. The third-order valence-electron chi connectivity index (χ3n) is 0.812. The van der Waals surface area contributed by atoms with Crippen LogP contribution in [-0.4, -0.2) is 10.1 Å². The highest BCUT2D eigenvalue weighted by Crippen LogP contribution is 2.05. The number of H-pyrrole nitrogens is 1. The maximum atomic E-state index is 8.60. The first-order valence-corrected chi connectivity index (χ1v) is 2.13. The summed E-state index contributed by atoms with van der Waals surface area (Å²) in [5.74, 6) is 0.234. The monoisotopic (exact) mass is 97.1 g/mol. The lowest BCUT2D eigenvalue weighted by atomic mass is 10.4. The number of aromatic hydroxyl groups is 1. The van der Waals surface area contributed by atoms with Crippen LogP contribution in [0.3, 0.4) is 0 Å². The van der Waals surface area contributed by atoms with Gasteiger partial charge >= 0.3 is 0 Å². The van der Waals surface area contributed by atoms with Crippen LogP contribution in [0.4, 0.5) is 0 Å². The topological polar surface area (TPSA) is 36.0 Å². The van der Waals surface area contributed by atoms with Gasteiger partial charge in [-0.05, 0) is 12.5 Å². The van der Waals surface area contributed by atoms with Gasteiger partial charge in [0.25, 0.3) is 0 Å². The van der Waals surface area contributed by atoms with Crippen LogP contribution < -0.4 is 0 Å². The smallest absolute Gasteiger partial charge is 0.188 e. The van der Waals surface area contributed by atoms with Crippen LogP contribution >= 0.6 is 0 Å². The summed E-state index contributed by atoms with van der Waals surface area (Å²) in [5, 5.41) is 8.60. The Kier molecular flexibility index (Phi) is 0.785. The molecule has 0 fully saturated rings. The highest BCUT2D eigenvalue weighted by atomic mass is 16.3. The number of rotatable bonds is 0. The fraction of sp³-hybridized carbons (Fsp3) is 0.200. The van der Waals surface area contributed by atoms with Crippen molar-refractivity contribution in [3.63, 3.8) is 0 Å². The molecule has 38 valence electrons. The number of hydrogen-bond acceptors (Lipinski definition) is 1. The molecular formula is C5H7NO. The summed E-state index contributed by atoms with van der Waals surface area (Å²) >= 11 is 0. The summed E-state index contributed by atoms with van der Waals surface area (Å²) in [5.41, 5.74) is 1.05. The average molecular weight is 97.1 g/mol. The Labute approximate surface area is 41.8 Å². The molecule has 0 amide bonds. The van der Waals surface area contributed by atoms with E-state index in [1.165, 1.54) is 0 Å². The summed E-state index contributed by atoms with van der Waals surface area (Å²) in [4.78, 5) is 2.62. The van der Waals surface area contributed by atoms with E-state index in [1.807, 2.05) is 6.92 Å². The molecule has 7 heavy (non-hydrogen) atoms. The van der Waals surface area contributed by atoms with Gasteiger partial charge in [-0.2, -0.15) is 0 Å². The predicted octanol–water partition coefficient (Wildman–Crippen LogP) is 1.03. The van der Waals surface area contributed by atoms with Crippen LogP contribution in [0.15, 0.2) is 12.3 Å². The van der Waals surface area contributed by atoms with Crippen molar-refractivity contribution in [2.45, 2.75) is 6.92 Å². The molecule has 0 radical (unpaired) electrons. The van der Waals surface area contributed by atoms with Gasteiger partial charge in [0.05, 0.1) is 0 Å². The second-order valence-corrected chi connectivity index (χ2v) is 1.56. The van der Waals surface area contributed by atoms with Crippen LogP contribution in [0.5, 0.6) is 5.88 Å². The largest absolute Gasteiger partial charge is 0.495 e. The number of aromatic nitrogens is 1. The van der Waals surface area contributed by atoms with Crippen LogP contribution in [0.1, 0.15) is 5.56 Å². The zero-order chi connectivity index (χ0) is 5.28. The van der Waals surface area contributed by atoms with Crippen LogP contribution in [-0.2, 0) is 0 Å². The summed E-state index contributed by atoms with van der Waals surface area (Å²) < 4.78 is 0. The molecule has 1 aromatic rings. The molecule has 2 N–H and O–H groups in total. The van der Waals surface area contributed by atoms with Crippen molar-refractivity contribution in [1.82, 2.24) is 4.98 Å². The predicted molar refractivity (Wildman–Crippen MR) is 27.2 cm³/mol. The Bertz CT molecular complexity index is 140. The minimum Gasteiger partial charge on any atom is -0.495 e. The van der Waals surface area contributed by atoms with Gasteiger partial charge in [0, 0.05) is 12.3 Å². The van der Waals surface area contributed by atoms with Crippen molar-refractivity contribution in [3.05, 3.63) is 17.8 Å². The van der Waals surface area contributed by atoms with Gasteiger partial charge in [0.15, 0.2) is 5.88 Å². The number of hydrogen-bond donors (Lipinski definition) is 2. The molecule has 0 aliphatic carbocycles. The Morgan fingerprint density at radius 2 is 2.43 bits per heavy atom. The Morgan fingerprint density at radius 1 is 1.71 bits per heavy atom. The molecule has 0 unspecified atom stereocenters. The van der Waals surface area contributed by atoms with Gasteiger partial charge in [0.2, 0.25) is 0 Å². The van der Waals surface area contributed by atoms with E-state index in [0.717, 1.165) is 5.56 Å². The molecule has 0 aliphatic heterocycles. The summed E-state index contributed by atoms with van der Waals surface area (Å²) in [6.07, 6.45) is 1.75. The molecular weight excluding hydrogens is 90.1 g/mol. The molecule has 2 nitrogen and oxygen atoms in total. The second kappa shape index (κ2) is 1.30. The van der Waals surface area contributed by atoms with Crippen molar-refractivity contribution in [2.75, 3.05) is 0 Å². The van der Waals surface area contributed by atoms with Crippen LogP contribution in [0.2, 0.25) is 0 Å². The van der Waals surface area contributed by atoms with Crippen LogP contribution in [0, 0.1) is 6.92 Å². The first-order chi connectivity index (χ1) is 3.29. The molecule has 0 saturated carbocycles. The van der Waals surface area contributed by atoms with E-state index in [0.29, 0.717) is 0 Å². The number of nitrogens with one attached hydrogen (secondary N) is 1. The highest BCUT2D eigenvalue weighted by molar-refractivity contribution is 5.17.